The van der Waals surface area contributed by atoms with E-state index in [1.165, 1.54) is 23.1 Å². The standard InChI is InChI=1S/C12H20N2O3S2/c1-18-9-4-2-3-8(5-9)13-12(17)14-7-19-6-10(14)11(15)16/h8-10H,2-7H2,1H3,(H,13,17)(H,15,16)/t8?,9?,10-/m0/s1. The Labute approximate surface area is 121 Å². The number of urea groups is 1. The zero-order valence-electron chi connectivity index (χ0n) is 11.0. The van der Waals surface area contributed by atoms with Gasteiger partial charge in [0.05, 0.1) is 5.88 Å². The highest BCUT2D eigenvalue weighted by atomic mass is 32.2. The van der Waals surface area contributed by atoms with Gasteiger partial charge in [-0.1, -0.05) is 6.42 Å². The molecule has 2 N–H and O–H groups in total. The van der Waals surface area contributed by atoms with Crippen molar-refractivity contribution < 1.29 is 14.7 Å². The number of carboxylic acids is 1. The average Bonchev–Trinajstić information content (AvgIpc) is 2.88. The van der Waals surface area contributed by atoms with Crippen molar-refractivity contribution in [2.24, 2.45) is 0 Å². The van der Waals surface area contributed by atoms with Crippen LogP contribution in [-0.4, -0.2) is 57.2 Å². The number of hydrogen-bond acceptors (Lipinski definition) is 4. The Kier molecular flexibility index (Phi) is 5.27. The molecule has 2 unspecified atom stereocenters. The fraction of sp³-hybridized carbons (Fsp3) is 0.833. The molecule has 1 aliphatic heterocycles. The third-order valence-corrected chi connectivity index (χ3v) is 5.82. The Morgan fingerprint density at radius 1 is 1.42 bits per heavy atom. The molecule has 19 heavy (non-hydrogen) atoms. The Morgan fingerprint density at radius 2 is 2.21 bits per heavy atom. The van der Waals surface area contributed by atoms with Gasteiger partial charge in [-0.05, 0) is 25.5 Å². The van der Waals surface area contributed by atoms with Gasteiger partial charge in [-0.2, -0.15) is 11.8 Å². The van der Waals surface area contributed by atoms with Crippen LogP contribution in [0.2, 0.25) is 0 Å². The molecule has 3 atom stereocenters. The first-order chi connectivity index (χ1) is 9.11. The smallest absolute Gasteiger partial charge is 0.327 e. The number of carbonyl (C=O) groups excluding carboxylic acids is 1. The first kappa shape index (κ1) is 14.8. The summed E-state index contributed by atoms with van der Waals surface area (Å²) in [5.41, 5.74) is 0. The van der Waals surface area contributed by atoms with Crippen molar-refractivity contribution in [2.75, 3.05) is 17.9 Å². The fourth-order valence-electron chi connectivity index (χ4n) is 2.60. The summed E-state index contributed by atoms with van der Waals surface area (Å²) in [6.07, 6.45) is 6.44. The highest BCUT2D eigenvalue weighted by Crippen LogP contribution is 2.27. The van der Waals surface area contributed by atoms with Gasteiger partial charge < -0.3 is 15.3 Å². The van der Waals surface area contributed by atoms with Crippen LogP contribution in [0, 0.1) is 0 Å². The van der Waals surface area contributed by atoms with E-state index in [9.17, 15) is 9.59 Å². The maximum atomic E-state index is 12.2. The van der Waals surface area contributed by atoms with E-state index >= 15 is 0 Å². The number of nitrogens with zero attached hydrogens (tertiary/aromatic N) is 1. The van der Waals surface area contributed by atoms with Gasteiger partial charge in [0, 0.05) is 17.0 Å². The zero-order valence-corrected chi connectivity index (χ0v) is 12.6. The quantitative estimate of drug-likeness (QED) is 0.832. The van der Waals surface area contributed by atoms with E-state index in [1.54, 1.807) is 0 Å². The lowest BCUT2D eigenvalue weighted by molar-refractivity contribution is -0.140. The number of carboxylic acid groups (broad SMARTS) is 1. The molecule has 1 saturated heterocycles. The number of rotatable bonds is 3. The molecule has 2 amide bonds. The van der Waals surface area contributed by atoms with Crippen LogP contribution >= 0.6 is 23.5 Å². The zero-order chi connectivity index (χ0) is 13.8. The van der Waals surface area contributed by atoms with Crippen molar-refractivity contribution in [3.63, 3.8) is 0 Å². The van der Waals surface area contributed by atoms with Crippen LogP contribution in [0.15, 0.2) is 0 Å². The van der Waals surface area contributed by atoms with Crippen LogP contribution in [0.4, 0.5) is 4.79 Å². The highest BCUT2D eigenvalue weighted by molar-refractivity contribution is 7.99. The molecule has 2 fully saturated rings. The van der Waals surface area contributed by atoms with Crippen molar-refractivity contribution in [3.8, 4) is 0 Å². The van der Waals surface area contributed by atoms with E-state index < -0.39 is 12.0 Å². The van der Waals surface area contributed by atoms with E-state index in [0.717, 1.165) is 19.3 Å². The van der Waals surface area contributed by atoms with E-state index in [4.69, 9.17) is 5.11 Å². The molecule has 0 aromatic rings. The van der Waals surface area contributed by atoms with Gasteiger partial charge in [0.1, 0.15) is 6.04 Å². The van der Waals surface area contributed by atoms with Gasteiger partial charge in [0.2, 0.25) is 0 Å². The molecule has 0 spiro atoms. The van der Waals surface area contributed by atoms with Gasteiger partial charge >= 0.3 is 12.0 Å². The van der Waals surface area contributed by atoms with Crippen molar-refractivity contribution in [1.29, 1.82) is 0 Å². The van der Waals surface area contributed by atoms with Crippen LogP contribution in [-0.2, 0) is 4.79 Å². The molecule has 108 valence electrons. The first-order valence-corrected chi connectivity index (χ1v) is 8.96. The second-order valence-electron chi connectivity index (χ2n) is 4.99. The summed E-state index contributed by atoms with van der Waals surface area (Å²) in [5.74, 6) is 0.0493. The Hall–Kier alpha value is -0.560. The maximum Gasteiger partial charge on any atom is 0.327 e. The fourth-order valence-corrected chi connectivity index (χ4v) is 4.57. The SMILES string of the molecule is CSC1CCCC(NC(=O)N2CSC[C@H]2C(=O)O)C1. The minimum Gasteiger partial charge on any atom is -0.480 e. The Bertz CT molecular complexity index is 354. The van der Waals surface area contributed by atoms with Crippen molar-refractivity contribution in [2.45, 2.75) is 43.0 Å². The molecule has 0 aromatic heterocycles. The number of hydrogen-bond donors (Lipinski definition) is 2. The molecule has 2 aliphatic rings. The van der Waals surface area contributed by atoms with Gasteiger partial charge in [-0.25, -0.2) is 9.59 Å². The Balaban J connectivity index is 1.88. The number of aliphatic carboxylic acids is 1. The largest absolute Gasteiger partial charge is 0.480 e. The second kappa shape index (κ2) is 6.74. The van der Waals surface area contributed by atoms with E-state index in [0.29, 0.717) is 16.9 Å². The summed E-state index contributed by atoms with van der Waals surface area (Å²) in [5, 5.41) is 12.7. The molecule has 5 nitrogen and oxygen atoms in total. The molecule has 0 aromatic carbocycles. The number of amides is 2. The molecule has 7 heteroatoms. The van der Waals surface area contributed by atoms with Crippen LogP contribution in [0.5, 0.6) is 0 Å². The topological polar surface area (TPSA) is 69.6 Å². The number of carbonyl (C=O) groups is 2. The van der Waals surface area contributed by atoms with Crippen LogP contribution in [0.3, 0.4) is 0 Å². The molecule has 1 aliphatic carbocycles. The van der Waals surface area contributed by atoms with Crippen molar-refractivity contribution >= 4 is 35.5 Å². The van der Waals surface area contributed by atoms with Crippen LogP contribution < -0.4 is 5.32 Å². The van der Waals surface area contributed by atoms with Gasteiger partial charge in [-0.15, -0.1) is 11.8 Å². The number of thioether (sulfide) groups is 2. The van der Waals surface area contributed by atoms with Crippen LogP contribution in [0.1, 0.15) is 25.7 Å². The summed E-state index contributed by atoms with van der Waals surface area (Å²) in [4.78, 5) is 24.7. The molecule has 0 bridgehead atoms. The lowest BCUT2D eigenvalue weighted by Crippen LogP contribution is -2.50. The minimum absolute atomic E-state index is 0.193. The highest BCUT2D eigenvalue weighted by Gasteiger charge is 2.35. The third kappa shape index (κ3) is 3.72. The molecule has 0 radical (unpaired) electrons. The maximum absolute atomic E-state index is 12.2. The summed E-state index contributed by atoms with van der Waals surface area (Å²) in [6, 6.07) is -0.701. The minimum atomic E-state index is -0.911. The average molecular weight is 304 g/mol. The van der Waals surface area contributed by atoms with Crippen molar-refractivity contribution in [1.82, 2.24) is 10.2 Å². The van der Waals surface area contributed by atoms with Gasteiger partial charge in [0.25, 0.3) is 0 Å². The summed E-state index contributed by atoms with van der Waals surface area (Å²) in [6.45, 7) is 0. The molecule has 1 saturated carbocycles. The lowest BCUT2D eigenvalue weighted by atomic mass is 9.95. The normalized spacial score (nSPS) is 31.2. The van der Waals surface area contributed by atoms with Crippen molar-refractivity contribution in [3.05, 3.63) is 0 Å². The second-order valence-corrected chi connectivity index (χ2v) is 7.13. The first-order valence-electron chi connectivity index (χ1n) is 6.52. The Morgan fingerprint density at radius 3 is 2.89 bits per heavy atom. The van der Waals surface area contributed by atoms with E-state index in [-0.39, 0.29) is 12.1 Å². The summed E-state index contributed by atoms with van der Waals surface area (Å²) < 4.78 is 0. The molecule has 1 heterocycles. The predicted molar refractivity (Wildman–Crippen MR) is 78.7 cm³/mol. The summed E-state index contributed by atoms with van der Waals surface area (Å²) >= 11 is 3.35. The van der Waals surface area contributed by atoms with E-state index in [1.807, 2.05) is 11.8 Å². The lowest BCUT2D eigenvalue weighted by Gasteiger charge is -2.31. The monoisotopic (exact) mass is 304 g/mol. The van der Waals surface area contributed by atoms with Gasteiger partial charge in [0.15, 0.2) is 0 Å². The molecular formula is C12H20N2O3S2. The van der Waals surface area contributed by atoms with Gasteiger partial charge in [-0.3, -0.25) is 0 Å². The third-order valence-electron chi connectivity index (χ3n) is 3.72. The molecule has 2 rings (SSSR count). The number of nitrogens with one attached hydrogen (secondary N) is 1. The van der Waals surface area contributed by atoms with E-state index in [2.05, 4.69) is 11.6 Å². The summed E-state index contributed by atoms with van der Waals surface area (Å²) in [7, 11) is 0. The molecular weight excluding hydrogens is 284 g/mol. The van der Waals surface area contributed by atoms with Crippen LogP contribution in [0.25, 0.3) is 0 Å². The predicted octanol–water partition coefficient (Wildman–Crippen LogP) is 1.83.